The normalized spacial score (nSPS) is 14.5. The van der Waals surface area contributed by atoms with Crippen LogP contribution in [0.5, 0.6) is 0 Å². The van der Waals surface area contributed by atoms with Crippen LogP contribution in [0.25, 0.3) is 0 Å². The number of fused-ring (bicyclic) bond motifs is 1. The number of nitrogens with zero attached hydrogens (tertiary/aromatic N) is 1. The molecule has 3 nitrogen and oxygen atoms in total. The Morgan fingerprint density at radius 3 is 2.83 bits per heavy atom. The van der Waals surface area contributed by atoms with Crippen LogP contribution >= 0.6 is 35.1 Å². The number of para-hydroxylation sites is 1. The lowest BCUT2D eigenvalue weighted by Crippen LogP contribution is -2.28. The molecule has 0 aromatic heterocycles. The molecular formula is C18H17ClN2OS2. The van der Waals surface area contributed by atoms with E-state index >= 15 is 0 Å². The van der Waals surface area contributed by atoms with Crippen LogP contribution in [0, 0.1) is 0 Å². The number of amides is 1. The van der Waals surface area contributed by atoms with Crippen molar-refractivity contribution in [2.75, 3.05) is 5.75 Å². The largest absolute Gasteiger partial charge is 0.349 e. The summed E-state index contributed by atoms with van der Waals surface area (Å²) in [5.41, 5.74) is 3.29. The van der Waals surface area contributed by atoms with Crippen LogP contribution in [0.2, 0.25) is 5.02 Å². The second-order valence-corrected chi connectivity index (χ2v) is 8.05. The highest BCUT2D eigenvalue weighted by atomic mass is 35.5. The predicted octanol–water partition coefficient (Wildman–Crippen LogP) is 5.18. The molecule has 1 amide bonds. The van der Waals surface area contributed by atoms with Crippen molar-refractivity contribution in [3.05, 3.63) is 64.7 Å². The van der Waals surface area contributed by atoms with Crippen LogP contribution in [-0.4, -0.2) is 16.0 Å². The van der Waals surface area contributed by atoms with Gasteiger partial charge in [-0.1, -0.05) is 65.5 Å². The van der Waals surface area contributed by atoms with Gasteiger partial charge in [-0.25, -0.2) is 4.99 Å². The molecule has 1 atom stereocenters. The Labute approximate surface area is 155 Å². The summed E-state index contributed by atoms with van der Waals surface area (Å²) in [5.74, 6) is 1.28. The van der Waals surface area contributed by atoms with Crippen molar-refractivity contribution in [1.82, 2.24) is 5.32 Å². The minimum Gasteiger partial charge on any atom is -0.349 e. The van der Waals surface area contributed by atoms with Gasteiger partial charge in [0.05, 0.1) is 17.5 Å². The van der Waals surface area contributed by atoms with Crippen molar-refractivity contribution < 1.29 is 4.79 Å². The maximum Gasteiger partial charge on any atom is 0.230 e. The molecule has 1 aliphatic rings. The number of thioether (sulfide) groups is 2. The molecule has 2 aromatic rings. The van der Waals surface area contributed by atoms with E-state index in [2.05, 4.69) is 16.4 Å². The summed E-state index contributed by atoms with van der Waals surface area (Å²) < 4.78 is 0.947. The summed E-state index contributed by atoms with van der Waals surface area (Å²) in [6, 6.07) is 15.6. The van der Waals surface area contributed by atoms with Gasteiger partial charge in [0.25, 0.3) is 0 Å². The maximum atomic E-state index is 12.2. The fourth-order valence-electron chi connectivity index (χ4n) is 2.33. The van der Waals surface area contributed by atoms with E-state index in [1.54, 1.807) is 11.8 Å². The van der Waals surface area contributed by atoms with Crippen molar-refractivity contribution in [1.29, 1.82) is 0 Å². The highest BCUT2D eigenvalue weighted by molar-refractivity contribution is 8.38. The van der Waals surface area contributed by atoms with E-state index in [-0.39, 0.29) is 11.9 Å². The summed E-state index contributed by atoms with van der Waals surface area (Å²) in [7, 11) is 0. The Kier molecular flexibility index (Phi) is 5.87. The van der Waals surface area contributed by atoms with Gasteiger partial charge in [-0.3, -0.25) is 4.79 Å². The molecule has 0 aliphatic carbocycles. The summed E-state index contributed by atoms with van der Waals surface area (Å²) >= 11 is 9.06. The average molecular weight is 377 g/mol. The first-order chi connectivity index (χ1) is 11.6. The molecule has 0 spiro atoms. The quantitative estimate of drug-likeness (QED) is 0.798. The number of halogens is 1. The number of carbonyl (C=O) groups excluding carboxylic acids is 1. The molecule has 0 saturated heterocycles. The predicted molar refractivity (Wildman–Crippen MR) is 105 cm³/mol. The molecule has 1 heterocycles. The molecule has 0 radical (unpaired) electrons. The van der Waals surface area contributed by atoms with Crippen LogP contribution in [0.1, 0.15) is 24.1 Å². The second-order valence-electron chi connectivity index (χ2n) is 5.42. The molecule has 6 heteroatoms. The number of rotatable bonds is 4. The zero-order valence-electron chi connectivity index (χ0n) is 13.2. The fraction of sp³-hybridized carbons (Fsp3) is 0.222. The minimum absolute atomic E-state index is 0.00427. The molecule has 1 N–H and O–H groups in total. The molecule has 3 rings (SSSR count). The molecule has 0 unspecified atom stereocenters. The molecular weight excluding hydrogens is 360 g/mol. The lowest BCUT2D eigenvalue weighted by atomic mass is 10.1. The Morgan fingerprint density at radius 2 is 2.04 bits per heavy atom. The standard InChI is InChI=1S/C18H17ClN2OS2/c1-12(13-6-8-15(19)9-7-13)20-17(22)11-24-18-21-16-5-3-2-4-14(16)10-23-18/h2-9,12H,10-11H2,1H3,(H,20,22)/t12-/m1/s1. The van der Waals surface area contributed by atoms with E-state index in [0.717, 1.165) is 21.4 Å². The number of carbonyl (C=O) groups is 1. The van der Waals surface area contributed by atoms with Crippen LogP contribution in [0.15, 0.2) is 53.5 Å². The van der Waals surface area contributed by atoms with E-state index in [9.17, 15) is 4.79 Å². The molecule has 124 valence electrons. The smallest absolute Gasteiger partial charge is 0.230 e. The summed E-state index contributed by atoms with van der Waals surface area (Å²) in [6.45, 7) is 1.97. The van der Waals surface area contributed by atoms with E-state index in [1.165, 1.54) is 17.3 Å². The lowest BCUT2D eigenvalue weighted by molar-refractivity contribution is -0.119. The van der Waals surface area contributed by atoms with Gasteiger partial charge in [0.2, 0.25) is 5.91 Å². The monoisotopic (exact) mass is 376 g/mol. The van der Waals surface area contributed by atoms with Gasteiger partial charge >= 0.3 is 0 Å². The lowest BCUT2D eigenvalue weighted by Gasteiger charge is -2.16. The summed E-state index contributed by atoms with van der Waals surface area (Å²) in [5, 5.41) is 3.70. The Morgan fingerprint density at radius 1 is 1.29 bits per heavy atom. The van der Waals surface area contributed by atoms with Crippen LogP contribution in [0.3, 0.4) is 0 Å². The summed E-state index contributed by atoms with van der Waals surface area (Å²) in [4.78, 5) is 16.8. The average Bonchev–Trinajstić information content (AvgIpc) is 2.60. The van der Waals surface area contributed by atoms with Gasteiger partial charge in [-0.2, -0.15) is 0 Å². The van der Waals surface area contributed by atoms with Crippen molar-refractivity contribution in [2.24, 2.45) is 4.99 Å². The van der Waals surface area contributed by atoms with Crippen LogP contribution in [-0.2, 0) is 10.5 Å². The molecule has 2 aromatic carbocycles. The molecule has 0 saturated carbocycles. The van der Waals surface area contributed by atoms with E-state index in [0.29, 0.717) is 10.8 Å². The van der Waals surface area contributed by atoms with Crippen LogP contribution < -0.4 is 5.32 Å². The van der Waals surface area contributed by atoms with Crippen molar-refractivity contribution in [3.8, 4) is 0 Å². The van der Waals surface area contributed by atoms with Crippen molar-refractivity contribution in [3.63, 3.8) is 0 Å². The van der Waals surface area contributed by atoms with Gasteiger partial charge < -0.3 is 5.32 Å². The first-order valence-corrected chi connectivity index (χ1v) is 9.94. The number of hydrogen-bond donors (Lipinski definition) is 1. The second kappa shape index (κ2) is 8.10. The zero-order valence-corrected chi connectivity index (χ0v) is 15.5. The Balaban J connectivity index is 1.53. The minimum atomic E-state index is -0.0444. The Hall–Kier alpha value is -1.43. The van der Waals surface area contributed by atoms with Gasteiger partial charge in [-0.05, 0) is 36.2 Å². The highest BCUT2D eigenvalue weighted by Crippen LogP contribution is 2.34. The van der Waals surface area contributed by atoms with Crippen LogP contribution in [0.4, 0.5) is 5.69 Å². The molecule has 24 heavy (non-hydrogen) atoms. The molecule has 1 aliphatic heterocycles. The van der Waals surface area contributed by atoms with E-state index in [4.69, 9.17) is 11.6 Å². The highest BCUT2D eigenvalue weighted by Gasteiger charge is 2.15. The van der Waals surface area contributed by atoms with Crippen molar-refractivity contribution >= 4 is 51.1 Å². The van der Waals surface area contributed by atoms with Gasteiger partial charge in [0.1, 0.15) is 4.38 Å². The van der Waals surface area contributed by atoms with Gasteiger partial charge in [0.15, 0.2) is 0 Å². The third kappa shape index (κ3) is 4.56. The molecule has 0 fully saturated rings. The molecule has 0 bridgehead atoms. The zero-order chi connectivity index (χ0) is 16.9. The fourth-order valence-corrected chi connectivity index (χ4v) is 4.33. The van der Waals surface area contributed by atoms with Gasteiger partial charge in [-0.15, -0.1) is 0 Å². The number of nitrogens with one attached hydrogen (secondary N) is 1. The van der Waals surface area contributed by atoms with Crippen molar-refractivity contribution in [2.45, 2.75) is 18.7 Å². The SMILES string of the molecule is C[C@@H](NC(=O)CSC1=Nc2ccccc2CS1)c1ccc(Cl)cc1. The van der Waals surface area contributed by atoms with Gasteiger partial charge in [0, 0.05) is 10.8 Å². The third-order valence-corrected chi connectivity index (χ3v) is 6.13. The van der Waals surface area contributed by atoms with E-state index < -0.39 is 0 Å². The number of benzene rings is 2. The number of hydrogen-bond acceptors (Lipinski definition) is 4. The topological polar surface area (TPSA) is 41.5 Å². The van der Waals surface area contributed by atoms with E-state index in [1.807, 2.05) is 49.4 Å². The maximum absolute atomic E-state index is 12.2. The summed E-state index contributed by atoms with van der Waals surface area (Å²) in [6.07, 6.45) is 0. The number of aliphatic imine (C=N–C) groups is 1. The first-order valence-electron chi connectivity index (χ1n) is 7.59. The first kappa shape index (κ1) is 17.4. The third-order valence-electron chi connectivity index (χ3n) is 3.63. The Bertz CT molecular complexity index is 762.